The first-order valence-electron chi connectivity index (χ1n) is 6.92. The third kappa shape index (κ3) is 2.68. The summed E-state index contributed by atoms with van der Waals surface area (Å²) in [5, 5.41) is 4.02. The number of carbonyl (C=O) groups excluding carboxylic acids is 1. The Labute approximate surface area is 126 Å². The Morgan fingerprint density at radius 2 is 2.48 bits per heavy atom. The van der Waals surface area contributed by atoms with Crippen molar-refractivity contribution < 1.29 is 9.53 Å². The minimum atomic E-state index is -0.188. The van der Waals surface area contributed by atoms with E-state index in [0.717, 1.165) is 28.7 Å². The number of imidazole rings is 1. The largest absolute Gasteiger partial charge is 0.377 e. The fourth-order valence-electron chi connectivity index (χ4n) is 2.41. The van der Waals surface area contributed by atoms with Gasteiger partial charge in [-0.05, 0) is 24.9 Å². The fraction of sp³-hybridized carbons (Fsp3) is 0.538. The first-order chi connectivity index (χ1) is 10.2. The molecule has 0 spiro atoms. The predicted molar refractivity (Wildman–Crippen MR) is 77.2 cm³/mol. The summed E-state index contributed by atoms with van der Waals surface area (Å²) in [4.78, 5) is 22.7. The highest BCUT2D eigenvalue weighted by atomic mass is 32.1. The lowest BCUT2D eigenvalue weighted by Crippen LogP contribution is -2.43. The molecule has 21 heavy (non-hydrogen) atoms. The lowest BCUT2D eigenvalue weighted by Gasteiger charge is -2.34. The van der Waals surface area contributed by atoms with Crippen molar-refractivity contribution in [2.45, 2.75) is 26.3 Å². The molecule has 0 aliphatic carbocycles. The van der Waals surface area contributed by atoms with Crippen LogP contribution in [0.5, 0.6) is 0 Å². The second-order valence-corrected chi connectivity index (χ2v) is 5.70. The van der Waals surface area contributed by atoms with Crippen LogP contribution in [0.3, 0.4) is 0 Å². The molecule has 2 aromatic heterocycles. The molecule has 1 aliphatic heterocycles. The van der Waals surface area contributed by atoms with Crippen molar-refractivity contribution in [3.8, 4) is 0 Å². The molecule has 112 valence electrons. The normalized spacial score (nSPS) is 19.0. The SMILES string of the molecule is CCc1nnsc1C(=O)N1CCOCC1c1ncc(C)[nH]1. The molecule has 7 nitrogen and oxygen atoms in total. The number of aromatic nitrogens is 4. The number of hydrogen-bond donors (Lipinski definition) is 1. The smallest absolute Gasteiger partial charge is 0.268 e. The van der Waals surface area contributed by atoms with Gasteiger partial charge in [-0.3, -0.25) is 4.79 Å². The van der Waals surface area contributed by atoms with E-state index in [0.29, 0.717) is 31.1 Å². The molecule has 1 atom stereocenters. The van der Waals surface area contributed by atoms with E-state index in [4.69, 9.17) is 4.74 Å². The van der Waals surface area contributed by atoms with E-state index in [-0.39, 0.29) is 11.9 Å². The molecule has 3 heterocycles. The molecule has 1 aliphatic rings. The topological polar surface area (TPSA) is 84.0 Å². The molecule has 1 unspecified atom stereocenters. The summed E-state index contributed by atoms with van der Waals surface area (Å²) in [6.07, 6.45) is 2.46. The van der Waals surface area contributed by atoms with Gasteiger partial charge in [0.05, 0.1) is 18.9 Å². The molecule has 0 saturated carbocycles. The van der Waals surface area contributed by atoms with Crippen LogP contribution in [0.4, 0.5) is 0 Å². The van der Waals surface area contributed by atoms with Crippen LogP contribution in [0.1, 0.15) is 39.8 Å². The second-order valence-electron chi connectivity index (χ2n) is 4.94. The van der Waals surface area contributed by atoms with Crippen molar-refractivity contribution >= 4 is 17.4 Å². The van der Waals surface area contributed by atoms with Crippen molar-refractivity contribution in [2.24, 2.45) is 0 Å². The van der Waals surface area contributed by atoms with Crippen LogP contribution in [0.2, 0.25) is 0 Å². The zero-order valence-corrected chi connectivity index (χ0v) is 12.8. The minimum Gasteiger partial charge on any atom is -0.377 e. The molecule has 0 radical (unpaired) electrons. The van der Waals surface area contributed by atoms with Crippen molar-refractivity contribution in [1.29, 1.82) is 0 Å². The van der Waals surface area contributed by atoms with Gasteiger partial charge >= 0.3 is 0 Å². The molecule has 0 aromatic carbocycles. The Kier molecular flexibility index (Phi) is 3.98. The highest BCUT2D eigenvalue weighted by Gasteiger charge is 2.33. The summed E-state index contributed by atoms with van der Waals surface area (Å²) in [5.41, 5.74) is 1.72. The maximum Gasteiger partial charge on any atom is 0.268 e. The third-order valence-electron chi connectivity index (χ3n) is 3.51. The molecular formula is C13H17N5O2S. The van der Waals surface area contributed by atoms with Crippen molar-refractivity contribution in [3.05, 3.63) is 28.3 Å². The van der Waals surface area contributed by atoms with Crippen LogP contribution < -0.4 is 0 Å². The summed E-state index contributed by atoms with van der Waals surface area (Å²) < 4.78 is 9.42. The molecule has 1 fully saturated rings. The van der Waals surface area contributed by atoms with Gasteiger partial charge in [0.1, 0.15) is 16.7 Å². The average molecular weight is 307 g/mol. The lowest BCUT2D eigenvalue weighted by molar-refractivity contribution is -0.00481. The summed E-state index contributed by atoms with van der Waals surface area (Å²) in [7, 11) is 0. The number of rotatable bonds is 3. The van der Waals surface area contributed by atoms with Gasteiger partial charge in [-0.25, -0.2) is 4.98 Å². The zero-order valence-electron chi connectivity index (χ0n) is 12.0. The van der Waals surface area contributed by atoms with Crippen LogP contribution >= 0.6 is 11.5 Å². The molecular weight excluding hydrogens is 290 g/mol. The number of amides is 1. The summed E-state index contributed by atoms with van der Waals surface area (Å²) in [6, 6.07) is -0.188. The minimum absolute atomic E-state index is 0.0378. The number of carbonyl (C=O) groups is 1. The highest BCUT2D eigenvalue weighted by molar-refractivity contribution is 7.08. The van der Waals surface area contributed by atoms with Crippen LogP contribution in [0.15, 0.2) is 6.20 Å². The van der Waals surface area contributed by atoms with Gasteiger partial charge in [-0.2, -0.15) is 0 Å². The molecule has 3 rings (SSSR count). The molecule has 8 heteroatoms. The summed E-state index contributed by atoms with van der Waals surface area (Å²) in [6.45, 7) is 5.45. The van der Waals surface area contributed by atoms with Crippen LogP contribution in [-0.2, 0) is 11.2 Å². The predicted octanol–water partition coefficient (Wildman–Crippen LogP) is 1.35. The second kappa shape index (κ2) is 5.90. The van der Waals surface area contributed by atoms with Crippen LogP contribution in [-0.4, -0.2) is 50.1 Å². The number of ether oxygens (including phenoxy) is 1. The molecule has 2 aromatic rings. The van der Waals surface area contributed by atoms with E-state index in [1.54, 1.807) is 11.1 Å². The number of H-pyrrole nitrogens is 1. The molecule has 0 bridgehead atoms. The van der Waals surface area contributed by atoms with Gasteiger partial charge in [-0.15, -0.1) is 5.10 Å². The number of aromatic amines is 1. The Hall–Kier alpha value is -1.80. The van der Waals surface area contributed by atoms with Gasteiger partial charge in [0.15, 0.2) is 0 Å². The maximum atomic E-state index is 12.8. The van der Waals surface area contributed by atoms with Crippen LogP contribution in [0.25, 0.3) is 0 Å². The van der Waals surface area contributed by atoms with E-state index in [2.05, 4.69) is 19.6 Å². The highest BCUT2D eigenvalue weighted by Crippen LogP contribution is 2.25. The van der Waals surface area contributed by atoms with E-state index in [1.165, 1.54) is 0 Å². The first-order valence-corrected chi connectivity index (χ1v) is 7.69. The standard InChI is InChI=1S/C13H17N5O2S/c1-3-9-11(21-17-16-9)13(19)18-4-5-20-7-10(18)12-14-6-8(2)15-12/h6,10H,3-5,7H2,1-2H3,(H,14,15). The lowest BCUT2D eigenvalue weighted by atomic mass is 10.2. The summed E-state index contributed by atoms with van der Waals surface area (Å²) >= 11 is 1.15. The van der Waals surface area contributed by atoms with Gasteiger partial charge in [0.2, 0.25) is 0 Å². The van der Waals surface area contributed by atoms with Crippen molar-refractivity contribution in [1.82, 2.24) is 24.5 Å². The Morgan fingerprint density at radius 3 is 3.19 bits per heavy atom. The first kappa shape index (κ1) is 14.2. The monoisotopic (exact) mass is 307 g/mol. The van der Waals surface area contributed by atoms with Crippen LogP contribution in [0, 0.1) is 6.92 Å². The molecule has 1 N–H and O–H groups in total. The van der Waals surface area contributed by atoms with Crippen molar-refractivity contribution in [2.75, 3.05) is 19.8 Å². The number of hydrogen-bond acceptors (Lipinski definition) is 6. The Bertz CT molecular complexity index is 638. The van der Waals surface area contributed by atoms with E-state index >= 15 is 0 Å². The Morgan fingerprint density at radius 1 is 1.62 bits per heavy atom. The van der Waals surface area contributed by atoms with E-state index < -0.39 is 0 Å². The molecule has 1 amide bonds. The Balaban J connectivity index is 1.89. The van der Waals surface area contributed by atoms with Gasteiger partial charge in [0.25, 0.3) is 5.91 Å². The summed E-state index contributed by atoms with van der Waals surface area (Å²) in [5.74, 6) is 0.722. The maximum absolute atomic E-state index is 12.8. The van der Waals surface area contributed by atoms with Gasteiger partial charge < -0.3 is 14.6 Å². The zero-order chi connectivity index (χ0) is 14.8. The molecule has 1 saturated heterocycles. The average Bonchev–Trinajstić information content (AvgIpc) is 3.15. The van der Waals surface area contributed by atoms with Crippen molar-refractivity contribution in [3.63, 3.8) is 0 Å². The number of nitrogens with one attached hydrogen (secondary N) is 1. The van der Waals surface area contributed by atoms with Gasteiger partial charge in [0, 0.05) is 18.4 Å². The van der Waals surface area contributed by atoms with Gasteiger partial charge in [-0.1, -0.05) is 11.4 Å². The number of aryl methyl sites for hydroxylation is 2. The third-order valence-corrected chi connectivity index (χ3v) is 4.27. The fourth-order valence-corrected chi connectivity index (χ4v) is 3.12. The van der Waals surface area contributed by atoms with E-state index in [9.17, 15) is 4.79 Å². The quantitative estimate of drug-likeness (QED) is 0.925. The number of nitrogens with zero attached hydrogens (tertiary/aromatic N) is 4. The van der Waals surface area contributed by atoms with E-state index in [1.807, 2.05) is 13.8 Å². The number of morpholine rings is 1.